The third-order valence-corrected chi connectivity index (χ3v) is 17.5. The number of esters is 4. The van der Waals surface area contributed by atoms with Crippen LogP contribution < -0.4 is 0 Å². The molecule has 504 valence electrons. The summed E-state index contributed by atoms with van der Waals surface area (Å²) >= 11 is 0. The van der Waals surface area contributed by atoms with Gasteiger partial charge in [-0.2, -0.15) is 0 Å². The van der Waals surface area contributed by atoms with Crippen LogP contribution in [-0.4, -0.2) is 96.7 Å². The summed E-state index contributed by atoms with van der Waals surface area (Å²) in [6.45, 7) is 7.08. The maximum atomic E-state index is 13.0. The van der Waals surface area contributed by atoms with Crippen LogP contribution >= 0.6 is 15.6 Å². The third kappa shape index (κ3) is 59.5. The van der Waals surface area contributed by atoms with E-state index in [4.69, 9.17) is 37.0 Å². The number of ether oxygens (including phenoxy) is 4. The monoisotopic (exact) mass is 1250 g/mol. The van der Waals surface area contributed by atoms with E-state index in [1.54, 1.807) is 0 Å². The van der Waals surface area contributed by atoms with Gasteiger partial charge in [-0.15, -0.1) is 0 Å². The molecule has 17 nitrogen and oxygen atoms in total. The highest BCUT2D eigenvalue weighted by molar-refractivity contribution is 7.47. The molecule has 0 aromatic heterocycles. The summed E-state index contributed by atoms with van der Waals surface area (Å²) in [4.78, 5) is 72.1. The molecular weight excluding hydrogens is 1130 g/mol. The summed E-state index contributed by atoms with van der Waals surface area (Å²) < 4.78 is 67.9. The van der Waals surface area contributed by atoms with Crippen LogP contribution in [0.3, 0.4) is 0 Å². The van der Waals surface area contributed by atoms with Crippen molar-refractivity contribution in [2.45, 2.75) is 355 Å². The molecule has 6 atom stereocenters. The molecule has 0 saturated heterocycles. The van der Waals surface area contributed by atoms with E-state index in [9.17, 15) is 43.2 Å². The first-order valence-electron chi connectivity index (χ1n) is 34.7. The first kappa shape index (κ1) is 83.1. The maximum Gasteiger partial charge on any atom is 0.472 e. The van der Waals surface area contributed by atoms with Crippen molar-refractivity contribution < 1.29 is 80.2 Å². The summed E-state index contributed by atoms with van der Waals surface area (Å²) in [6.07, 6.45) is 44.8. The molecule has 0 aliphatic carbocycles. The zero-order valence-electron chi connectivity index (χ0n) is 54.7. The fourth-order valence-electron chi connectivity index (χ4n) is 9.90. The van der Waals surface area contributed by atoms with Crippen molar-refractivity contribution >= 4 is 39.5 Å². The minimum atomic E-state index is -4.95. The van der Waals surface area contributed by atoms with Crippen molar-refractivity contribution in [2.75, 3.05) is 39.6 Å². The van der Waals surface area contributed by atoms with Gasteiger partial charge in [0.2, 0.25) is 0 Å². The molecule has 0 amide bonds. The SMILES string of the molecule is CCCCCCCCCCCCCCCCCC(=O)OC[C@H](COP(=O)(O)OC[C@@H](O)COP(=O)(O)OC[C@@H](COC(=O)CCCCCCC)OC(=O)CCCCCCCCC(C)CC)OC(=O)CCCCCCCCCCCCCCCCC. The Morgan fingerprint density at radius 3 is 0.835 bits per heavy atom. The summed E-state index contributed by atoms with van der Waals surface area (Å²) in [5.41, 5.74) is 0. The molecule has 0 rings (SSSR count). The summed E-state index contributed by atoms with van der Waals surface area (Å²) in [6, 6.07) is 0. The Kier molecular flexibility index (Phi) is 58.3. The minimum Gasteiger partial charge on any atom is -0.462 e. The molecule has 3 N–H and O–H groups in total. The largest absolute Gasteiger partial charge is 0.472 e. The highest BCUT2D eigenvalue weighted by atomic mass is 31.2. The van der Waals surface area contributed by atoms with E-state index < -0.39 is 97.5 Å². The number of carbonyl (C=O) groups is 4. The van der Waals surface area contributed by atoms with Gasteiger partial charge in [0.15, 0.2) is 12.2 Å². The number of aliphatic hydroxyl groups is 1. The molecular formula is C66H128O17P2. The van der Waals surface area contributed by atoms with E-state index in [1.165, 1.54) is 154 Å². The van der Waals surface area contributed by atoms with Crippen molar-refractivity contribution in [3.63, 3.8) is 0 Å². The van der Waals surface area contributed by atoms with Gasteiger partial charge in [0.1, 0.15) is 19.3 Å². The smallest absolute Gasteiger partial charge is 0.462 e. The molecule has 0 aromatic carbocycles. The van der Waals surface area contributed by atoms with Crippen molar-refractivity contribution in [3.05, 3.63) is 0 Å². The highest BCUT2D eigenvalue weighted by Crippen LogP contribution is 2.45. The number of rotatable bonds is 66. The molecule has 0 radical (unpaired) electrons. The standard InChI is InChI=1S/C66H128O17P2/c1-6-10-13-16-18-20-22-24-26-28-30-32-34-40-45-50-64(69)77-56-62(82-65(70)51-46-41-35-33-31-29-27-25-23-21-19-17-14-11-7-2)58-81-85(74,75)79-54-60(67)53-78-84(72,73)80-57-61(55-76-63(68)49-44-38-15-12-8-3)83-66(71)52-47-42-37-36-39-43-48-59(5)9-4/h59-62,67H,6-58H2,1-5H3,(H,72,73)(H,74,75)/t59?,60-,61+,62+/m0/s1. The fourth-order valence-corrected chi connectivity index (χ4v) is 11.5. The molecule has 3 unspecified atom stereocenters. The number of carbonyl (C=O) groups excluding carboxylic acids is 4. The Labute approximate surface area is 517 Å². The molecule has 19 heteroatoms. The van der Waals surface area contributed by atoms with Gasteiger partial charge in [-0.05, 0) is 31.6 Å². The van der Waals surface area contributed by atoms with E-state index in [0.29, 0.717) is 25.7 Å². The van der Waals surface area contributed by atoms with E-state index in [2.05, 4.69) is 34.6 Å². The molecule has 0 aromatic rings. The Hall–Kier alpha value is -1.94. The van der Waals surface area contributed by atoms with Gasteiger partial charge in [-0.3, -0.25) is 37.3 Å². The first-order chi connectivity index (χ1) is 41.1. The second kappa shape index (κ2) is 59.7. The van der Waals surface area contributed by atoms with E-state index in [-0.39, 0.29) is 25.7 Å². The number of phosphoric ester groups is 2. The number of hydrogen-bond donors (Lipinski definition) is 3. The van der Waals surface area contributed by atoms with Crippen LogP contribution in [0.1, 0.15) is 336 Å². The van der Waals surface area contributed by atoms with Gasteiger partial charge in [0, 0.05) is 25.7 Å². The molecule has 0 saturated carbocycles. The fraction of sp³-hybridized carbons (Fsp3) is 0.939. The average Bonchev–Trinajstić information content (AvgIpc) is 3.48. The van der Waals surface area contributed by atoms with E-state index in [1.807, 2.05) is 0 Å². The first-order valence-corrected chi connectivity index (χ1v) is 37.7. The van der Waals surface area contributed by atoms with Gasteiger partial charge < -0.3 is 33.8 Å². The molecule has 0 aliphatic rings. The van der Waals surface area contributed by atoms with Crippen LogP contribution in [0.5, 0.6) is 0 Å². The van der Waals surface area contributed by atoms with Crippen LogP contribution in [-0.2, 0) is 65.4 Å². The number of unbranched alkanes of at least 4 members (excludes halogenated alkanes) is 37. The van der Waals surface area contributed by atoms with Gasteiger partial charge in [-0.1, -0.05) is 285 Å². The normalized spacial score (nSPS) is 14.5. The second-order valence-corrected chi connectivity index (χ2v) is 27.0. The van der Waals surface area contributed by atoms with Crippen molar-refractivity contribution in [1.82, 2.24) is 0 Å². The quantitative estimate of drug-likeness (QED) is 0.0222. The molecule has 0 bridgehead atoms. The van der Waals surface area contributed by atoms with Crippen LogP contribution in [0, 0.1) is 5.92 Å². The van der Waals surface area contributed by atoms with Gasteiger partial charge >= 0.3 is 39.5 Å². The summed E-state index contributed by atoms with van der Waals surface area (Å²) in [7, 11) is -9.88. The lowest BCUT2D eigenvalue weighted by molar-refractivity contribution is -0.161. The minimum absolute atomic E-state index is 0.102. The maximum absolute atomic E-state index is 13.0. The molecule has 85 heavy (non-hydrogen) atoms. The zero-order valence-corrected chi connectivity index (χ0v) is 56.5. The number of aliphatic hydroxyl groups excluding tert-OH is 1. The van der Waals surface area contributed by atoms with Gasteiger partial charge in [-0.25, -0.2) is 9.13 Å². The Morgan fingerprint density at radius 1 is 0.329 bits per heavy atom. The molecule has 0 heterocycles. The van der Waals surface area contributed by atoms with E-state index >= 15 is 0 Å². The highest BCUT2D eigenvalue weighted by Gasteiger charge is 2.30. The van der Waals surface area contributed by atoms with Crippen LogP contribution in [0.25, 0.3) is 0 Å². The Bertz CT molecular complexity index is 1650. The lowest BCUT2D eigenvalue weighted by Crippen LogP contribution is -2.30. The molecule has 0 aliphatic heterocycles. The predicted molar refractivity (Wildman–Crippen MR) is 340 cm³/mol. The second-order valence-electron chi connectivity index (χ2n) is 24.1. The zero-order chi connectivity index (χ0) is 62.8. The molecule has 0 spiro atoms. The van der Waals surface area contributed by atoms with Crippen LogP contribution in [0.4, 0.5) is 0 Å². The number of phosphoric acid groups is 2. The Balaban J connectivity index is 5.17. The lowest BCUT2D eigenvalue weighted by atomic mass is 10.00. The van der Waals surface area contributed by atoms with Crippen LogP contribution in [0.15, 0.2) is 0 Å². The van der Waals surface area contributed by atoms with E-state index in [0.717, 1.165) is 102 Å². The summed E-state index contributed by atoms with van der Waals surface area (Å²) in [5, 5.41) is 10.5. The summed E-state index contributed by atoms with van der Waals surface area (Å²) in [5.74, 6) is -1.42. The Morgan fingerprint density at radius 2 is 0.565 bits per heavy atom. The third-order valence-electron chi connectivity index (χ3n) is 15.6. The molecule has 0 fully saturated rings. The van der Waals surface area contributed by atoms with Crippen LogP contribution in [0.2, 0.25) is 0 Å². The predicted octanol–water partition coefficient (Wildman–Crippen LogP) is 18.6. The number of hydrogen-bond acceptors (Lipinski definition) is 15. The topological polar surface area (TPSA) is 237 Å². The van der Waals surface area contributed by atoms with Crippen molar-refractivity contribution in [2.24, 2.45) is 5.92 Å². The lowest BCUT2D eigenvalue weighted by Gasteiger charge is -2.21. The van der Waals surface area contributed by atoms with Gasteiger partial charge in [0.05, 0.1) is 26.4 Å². The van der Waals surface area contributed by atoms with Gasteiger partial charge in [0.25, 0.3) is 0 Å². The van der Waals surface area contributed by atoms with Crippen molar-refractivity contribution in [3.8, 4) is 0 Å². The average molecular weight is 1260 g/mol. The van der Waals surface area contributed by atoms with Crippen molar-refractivity contribution in [1.29, 1.82) is 0 Å².